The summed E-state index contributed by atoms with van der Waals surface area (Å²) >= 11 is 0.574. The van der Waals surface area contributed by atoms with Gasteiger partial charge in [0.15, 0.2) is 0 Å². The molecular formula is C18H14NSe+. The molecule has 0 fully saturated rings. The summed E-state index contributed by atoms with van der Waals surface area (Å²) in [5.74, 6) is 0. The fraction of sp³-hybridized carbons (Fsp3) is 0.167. The van der Waals surface area contributed by atoms with Crippen LogP contribution < -0.4 is 9.03 Å². The number of rotatable bonds is 0. The second kappa shape index (κ2) is 3.94. The van der Waals surface area contributed by atoms with E-state index in [1.807, 2.05) is 0 Å². The topological polar surface area (TPSA) is 3.88 Å². The molecule has 1 aliphatic heterocycles. The van der Waals surface area contributed by atoms with Crippen LogP contribution in [0.1, 0.15) is 17.2 Å². The molecule has 2 aromatic carbocycles. The molecule has 2 heterocycles. The molecule has 0 spiro atoms. The molecule has 1 aromatic heterocycles. The Labute approximate surface area is 124 Å². The zero-order valence-corrected chi connectivity index (χ0v) is 12.7. The Balaban J connectivity index is 1.85. The summed E-state index contributed by atoms with van der Waals surface area (Å²) < 4.78 is 4.11. The van der Waals surface area contributed by atoms with Crippen LogP contribution in [-0.2, 0) is 6.42 Å². The van der Waals surface area contributed by atoms with Gasteiger partial charge in [0.25, 0.3) is 0 Å². The summed E-state index contributed by atoms with van der Waals surface area (Å²) in [4.78, 5) is 0.783. The van der Waals surface area contributed by atoms with Gasteiger partial charge in [-0.3, -0.25) is 0 Å². The van der Waals surface area contributed by atoms with Crippen LogP contribution in [0, 0.1) is 0 Å². The van der Waals surface area contributed by atoms with E-state index in [0.717, 1.165) is 4.82 Å². The first-order valence-electron chi connectivity index (χ1n) is 7.09. The second-order valence-electron chi connectivity index (χ2n) is 5.61. The van der Waals surface area contributed by atoms with E-state index in [0.29, 0.717) is 21.0 Å². The predicted molar refractivity (Wildman–Crippen MR) is 81.6 cm³/mol. The average Bonchev–Trinajstić information content (AvgIpc) is 2.86. The normalized spacial score (nSPS) is 22.6. The number of para-hydroxylation sites is 1. The van der Waals surface area contributed by atoms with Gasteiger partial charge in [-0.15, -0.1) is 0 Å². The van der Waals surface area contributed by atoms with Crippen molar-refractivity contribution in [2.24, 2.45) is 0 Å². The first-order chi connectivity index (χ1) is 9.92. The number of pyridine rings is 1. The first-order valence-corrected chi connectivity index (χ1v) is 8.94. The van der Waals surface area contributed by atoms with Crippen molar-refractivity contribution < 1.29 is 4.57 Å². The zero-order valence-electron chi connectivity index (χ0n) is 11.0. The van der Waals surface area contributed by atoms with E-state index in [1.54, 1.807) is 15.6 Å². The van der Waals surface area contributed by atoms with E-state index in [4.69, 9.17) is 0 Å². The van der Waals surface area contributed by atoms with Gasteiger partial charge in [-0.05, 0) is 0 Å². The molecule has 0 saturated carbocycles. The van der Waals surface area contributed by atoms with Crippen LogP contribution in [0.3, 0.4) is 0 Å². The number of nitrogens with zero attached hydrogens (tertiary/aromatic N) is 1. The third-order valence-corrected chi connectivity index (χ3v) is 7.29. The van der Waals surface area contributed by atoms with Crippen molar-refractivity contribution >= 4 is 30.3 Å². The Morgan fingerprint density at radius 3 is 2.85 bits per heavy atom. The number of fused-ring (bicyclic) bond motifs is 4. The van der Waals surface area contributed by atoms with Crippen LogP contribution in [0.15, 0.2) is 60.8 Å². The maximum absolute atomic E-state index is 2.53. The van der Waals surface area contributed by atoms with Crippen LogP contribution >= 0.6 is 0 Å². The summed E-state index contributed by atoms with van der Waals surface area (Å²) in [5, 5.41) is 1.38. The molecule has 96 valence electrons. The van der Waals surface area contributed by atoms with Gasteiger partial charge < -0.3 is 0 Å². The number of hydrogen-bond acceptors (Lipinski definition) is 0. The van der Waals surface area contributed by atoms with Gasteiger partial charge in [0.05, 0.1) is 0 Å². The van der Waals surface area contributed by atoms with Gasteiger partial charge in [0.1, 0.15) is 0 Å². The Bertz CT molecular complexity index is 834. The molecule has 1 nitrogen and oxygen atoms in total. The summed E-state index contributed by atoms with van der Waals surface area (Å²) in [5.41, 5.74) is 4.57. The van der Waals surface area contributed by atoms with Gasteiger partial charge in [-0.1, -0.05) is 0 Å². The van der Waals surface area contributed by atoms with Gasteiger partial charge in [-0.2, -0.15) is 0 Å². The molecule has 0 amide bonds. The van der Waals surface area contributed by atoms with Gasteiger partial charge in [-0.25, -0.2) is 0 Å². The predicted octanol–water partition coefficient (Wildman–Crippen LogP) is 2.40. The van der Waals surface area contributed by atoms with Gasteiger partial charge in [0, 0.05) is 0 Å². The summed E-state index contributed by atoms with van der Waals surface area (Å²) in [6, 6.07) is 20.8. The van der Waals surface area contributed by atoms with E-state index in [1.165, 1.54) is 17.3 Å². The molecule has 0 radical (unpaired) electrons. The Morgan fingerprint density at radius 2 is 1.85 bits per heavy atom. The van der Waals surface area contributed by atoms with E-state index < -0.39 is 0 Å². The van der Waals surface area contributed by atoms with E-state index in [9.17, 15) is 0 Å². The zero-order chi connectivity index (χ0) is 13.1. The minimum absolute atomic E-state index is 0.560. The van der Waals surface area contributed by atoms with Crippen LogP contribution in [0.4, 0.5) is 0 Å². The molecule has 3 aromatic rings. The average molecular weight is 323 g/mol. The van der Waals surface area contributed by atoms with Crippen molar-refractivity contribution in [3.05, 3.63) is 71.9 Å². The summed E-state index contributed by atoms with van der Waals surface area (Å²) in [6.07, 6.45) is 3.53. The quantitative estimate of drug-likeness (QED) is 0.442. The Hall–Kier alpha value is -1.63. The van der Waals surface area contributed by atoms with Crippen LogP contribution in [0.25, 0.3) is 10.9 Å². The molecule has 2 aliphatic rings. The standard InChI is InChI=1S/C18H14NSe/c1-2-8-14-13(5-1)11-16-18(14)19-10-4-7-12-6-3-9-15(20-16)17(12)19/h1-10,16,18H,11H2/q+1/t16-,18+/m1/s1. The van der Waals surface area contributed by atoms with Crippen molar-refractivity contribution in [1.29, 1.82) is 0 Å². The number of aromatic nitrogens is 1. The van der Waals surface area contributed by atoms with Crippen LogP contribution in [0.2, 0.25) is 4.82 Å². The van der Waals surface area contributed by atoms with Crippen molar-refractivity contribution in [2.75, 3.05) is 0 Å². The van der Waals surface area contributed by atoms with Crippen molar-refractivity contribution in [3.63, 3.8) is 0 Å². The number of hydrogen-bond donors (Lipinski definition) is 0. The maximum atomic E-state index is 2.53. The fourth-order valence-corrected chi connectivity index (χ4v) is 6.85. The molecule has 0 unspecified atom stereocenters. The molecule has 2 atom stereocenters. The van der Waals surface area contributed by atoms with Crippen molar-refractivity contribution in [3.8, 4) is 0 Å². The molecule has 5 rings (SSSR count). The third kappa shape index (κ3) is 1.36. The van der Waals surface area contributed by atoms with E-state index >= 15 is 0 Å². The molecule has 0 bridgehead atoms. The molecule has 0 saturated heterocycles. The van der Waals surface area contributed by atoms with Crippen molar-refractivity contribution in [2.45, 2.75) is 17.3 Å². The van der Waals surface area contributed by atoms with E-state index in [2.05, 4.69) is 65.4 Å². The van der Waals surface area contributed by atoms with Crippen LogP contribution in [0.5, 0.6) is 0 Å². The summed E-state index contributed by atoms with van der Waals surface area (Å²) in [7, 11) is 0. The van der Waals surface area contributed by atoms with Gasteiger partial charge >= 0.3 is 124 Å². The van der Waals surface area contributed by atoms with Crippen LogP contribution in [-0.4, -0.2) is 15.0 Å². The second-order valence-corrected chi connectivity index (χ2v) is 8.30. The molecule has 2 heteroatoms. The van der Waals surface area contributed by atoms with Gasteiger partial charge in [0.2, 0.25) is 0 Å². The first kappa shape index (κ1) is 11.1. The third-order valence-electron chi connectivity index (χ3n) is 4.54. The Kier molecular flexibility index (Phi) is 2.18. The van der Waals surface area contributed by atoms with Crippen molar-refractivity contribution in [1.82, 2.24) is 0 Å². The monoisotopic (exact) mass is 324 g/mol. The number of benzene rings is 2. The minimum atomic E-state index is 0.560. The molecule has 20 heavy (non-hydrogen) atoms. The molecule has 0 N–H and O–H groups in total. The molecule has 1 aliphatic carbocycles. The SMILES string of the molecule is c1ccc2c(c1)C[C@H]1[Se]c3cccc4ccc[n+](c34)[C@@H]21. The molecular weight excluding hydrogens is 309 g/mol. The van der Waals surface area contributed by atoms with E-state index in [-0.39, 0.29) is 0 Å². The Morgan fingerprint density at radius 1 is 0.950 bits per heavy atom. The fourth-order valence-electron chi connectivity index (χ4n) is 3.73. The summed E-state index contributed by atoms with van der Waals surface area (Å²) in [6.45, 7) is 0.